The minimum Gasteiger partial charge on any atom is -0.390 e. The van der Waals surface area contributed by atoms with Gasteiger partial charge in [-0.2, -0.15) is 0 Å². The summed E-state index contributed by atoms with van der Waals surface area (Å²) in [4.78, 5) is 5.33. The van der Waals surface area contributed by atoms with Gasteiger partial charge >= 0.3 is 0 Å². The Morgan fingerprint density at radius 3 is 1.89 bits per heavy atom. The predicted molar refractivity (Wildman–Crippen MR) is 71.6 cm³/mol. The molecule has 3 atom stereocenters. The topological polar surface area (TPSA) is 71.3 Å². The second-order valence-electron chi connectivity index (χ2n) is 5.81. The summed E-state index contributed by atoms with van der Waals surface area (Å²) in [5, 5.41) is 23.5. The number of aliphatic hydroxyl groups is 2. The first-order valence-corrected chi connectivity index (χ1v) is 6.25. The maximum Gasteiger partial charge on any atom is 0.129 e. The average molecular weight is 261 g/mol. The van der Waals surface area contributed by atoms with E-state index in [1.807, 2.05) is 34.6 Å². The van der Waals surface area contributed by atoms with E-state index in [0.717, 1.165) is 0 Å². The van der Waals surface area contributed by atoms with E-state index in [9.17, 15) is 10.2 Å². The van der Waals surface area contributed by atoms with Crippen molar-refractivity contribution in [2.24, 2.45) is 11.1 Å². The Morgan fingerprint density at radius 1 is 1.11 bits per heavy atom. The van der Waals surface area contributed by atoms with E-state index in [4.69, 9.17) is 9.57 Å². The fourth-order valence-electron chi connectivity index (χ4n) is 1.45. The zero-order valence-electron chi connectivity index (χ0n) is 12.5. The lowest BCUT2D eigenvalue weighted by Crippen LogP contribution is -2.43. The number of aliphatic hydroxyl groups excluding tert-OH is 2. The Labute approximate surface area is 110 Å². The van der Waals surface area contributed by atoms with Crippen molar-refractivity contribution in [1.82, 2.24) is 0 Å². The van der Waals surface area contributed by atoms with Crippen molar-refractivity contribution in [3.63, 3.8) is 0 Å². The summed E-state index contributed by atoms with van der Waals surface area (Å²) in [6.07, 6.45) is -2.42. The molecule has 0 aliphatic heterocycles. The molecule has 0 spiro atoms. The van der Waals surface area contributed by atoms with Gasteiger partial charge in [-0.15, -0.1) is 0 Å². The Balaban J connectivity index is 5.16. The van der Waals surface area contributed by atoms with E-state index in [1.54, 1.807) is 7.11 Å². The molecule has 18 heavy (non-hydrogen) atoms. The summed E-state index contributed by atoms with van der Waals surface area (Å²) >= 11 is 0. The first kappa shape index (κ1) is 17.4. The molecule has 0 unspecified atom stereocenters. The van der Waals surface area contributed by atoms with E-state index >= 15 is 0 Å². The molecular formula is C13H27NO4. The molecule has 0 saturated heterocycles. The van der Waals surface area contributed by atoms with Crippen LogP contribution < -0.4 is 0 Å². The van der Waals surface area contributed by atoms with Crippen molar-refractivity contribution in [1.29, 1.82) is 0 Å². The number of oxime groups is 1. The van der Waals surface area contributed by atoms with Gasteiger partial charge in [0.25, 0.3) is 0 Å². The molecule has 5 nitrogen and oxygen atoms in total. The molecule has 0 aromatic carbocycles. The van der Waals surface area contributed by atoms with E-state index in [1.165, 1.54) is 6.92 Å². The molecule has 0 amide bonds. The second kappa shape index (κ2) is 7.07. The third kappa shape index (κ3) is 5.80. The molecule has 0 saturated carbocycles. The molecule has 0 aliphatic rings. The van der Waals surface area contributed by atoms with Gasteiger partial charge in [-0.3, -0.25) is 0 Å². The van der Waals surface area contributed by atoms with Crippen LogP contribution in [-0.2, 0) is 9.57 Å². The van der Waals surface area contributed by atoms with Crippen LogP contribution in [0, 0.1) is 5.92 Å². The number of hydrogen-bond donors (Lipinski definition) is 2. The Bertz CT molecular complexity index is 269. The highest BCUT2D eigenvalue weighted by atomic mass is 16.6. The zero-order valence-corrected chi connectivity index (χ0v) is 12.5. The summed E-state index contributed by atoms with van der Waals surface area (Å²) in [5.74, 6) is 0.116. The summed E-state index contributed by atoms with van der Waals surface area (Å²) in [6.45, 7) is 11.0. The van der Waals surface area contributed by atoms with Crippen LogP contribution in [0.2, 0.25) is 0 Å². The predicted octanol–water partition coefficient (Wildman–Crippen LogP) is 1.57. The maximum absolute atomic E-state index is 9.99. The van der Waals surface area contributed by atoms with Gasteiger partial charge < -0.3 is 19.8 Å². The number of rotatable bonds is 6. The van der Waals surface area contributed by atoms with Gasteiger partial charge in [-0.1, -0.05) is 19.0 Å². The minimum atomic E-state index is -1.10. The smallest absolute Gasteiger partial charge is 0.129 e. The normalized spacial score (nSPS) is 18.7. The van der Waals surface area contributed by atoms with Crippen LogP contribution in [0.5, 0.6) is 0 Å². The molecule has 0 bridgehead atoms. The van der Waals surface area contributed by atoms with Crippen LogP contribution >= 0.6 is 0 Å². The van der Waals surface area contributed by atoms with Crippen LogP contribution in [0.4, 0.5) is 0 Å². The molecule has 0 heterocycles. The summed E-state index contributed by atoms with van der Waals surface area (Å²) in [5.41, 5.74) is -0.142. The SMILES string of the molecule is CO[C@H](/C(=N\OC(C)(C)C)[C@@H](O)[C@@H](C)O)C(C)C. The average Bonchev–Trinajstić information content (AvgIpc) is 2.20. The van der Waals surface area contributed by atoms with Gasteiger partial charge in [0, 0.05) is 7.11 Å². The standard InChI is InChI=1S/C13H27NO4/c1-8(2)12(17-7)10(11(16)9(3)15)14-18-13(4,5)6/h8-9,11-12,15-16H,1-7H3/b14-10-/t9-,11+,12+/m1/s1. The monoisotopic (exact) mass is 261 g/mol. The first-order chi connectivity index (χ1) is 8.10. The minimum absolute atomic E-state index is 0.116. The molecule has 0 aromatic rings. The summed E-state index contributed by atoms with van der Waals surface area (Å²) in [6, 6.07) is 0. The Hall–Kier alpha value is -0.650. The van der Waals surface area contributed by atoms with Crippen LogP contribution in [-0.4, -0.2) is 46.9 Å². The van der Waals surface area contributed by atoms with Crippen molar-refractivity contribution in [3.8, 4) is 0 Å². The highest BCUT2D eigenvalue weighted by Gasteiger charge is 2.30. The van der Waals surface area contributed by atoms with Crippen molar-refractivity contribution >= 4 is 5.71 Å². The number of methoxy groups -OCH3 is 1. The molecule has 0 aromatic heterocycles. The van der Waals surface area contributed by atoms with Crippen molar-refractivity contribution in [3.05, 3.63) is 0 Å². The third-order valence-electron chi connectivity index (χ3n) is 2.34. The lowest BCUT2D eigenvalue weighted by Gasteiger charge is -2.27. The lowest BCUT2D eigenvalue weighted by atomic mass is 9.96. The molecule has 0 fully saturated rings. The van der Waals surface area contributed by atoms with Gasteiger partial charge in [0.1, 0.15) is 23.5 Å². The third-order valence-corrected chi connectivity index (χ3v) is 2.34. The Kier molecular flexibility index (Phi) is 6.81. The maximum atomic E-state index is 9.99. The molecule has 0 aliphatic carbocycles. The van der Waals surface area contributed by atoms with Gasteiger partial charge in [-0.05, 0) is 33.6 Å². The van der Waals surface area contributed by atoms with E-state index in [-0.39, 0.29) is 5.92 Å². The van der Waals surface area contributed by atoms with Gasteiger partial charge in [0.15, 0.2) is 0 Å². The van der Waals surface area contributed by atoms with Gasteiger partial charge in [0.05, 0.1) is 6.10 Å². The van der Waals surface area contributed by atoms with Crippen LogP contribution in [0.3, 0.4) is 0 Å². The van der Waals surface area contributed by atoms with E-state index in [2.05, 4.69) is 5.16 Å². The van der Waals surface area contributed by atoms with E-state index in [0.29, 0.717) is 5.71 Å². The number of nitrogens with zero attached hydrogens (tertiary/aromatic N) is 1. The molecule has 108 valence electrons. The highest BCUT2D eigenvalue weighted by Crippen LogP contribution is 2.15. The summed E-state index contributed by atoms with van der Waals surface area (Å²) in [7, 11) is 1.55. The van der Waals surface area contributed by atoms with Crippen molar-refractivity contribution in [2.45, 2.75) is 65.5 Å². The van der Waals surface area contributed by atoms with Gasteiger partial charge in [-0.25, -0.2) is 0 Å². The van der Waals surface area contributed by atoms with Crippen LogP contribution in [0.15, 0.2) is 5.16 Å². The van der Waals surface area contributed by atoms with E-state index < -0.39 is 23.9 Å². The fourth-order valence-corrected chi connectivity index (χ4v) is 1.45. The molecule has 0 radical (unpaired) electrons. The van der Waals surface area contributed by atoms with Crippen LogP contribution in [0.1, 0.15) is 41.5 Å². The fraction of sp³-hybridized carbons (Fsp3) is 0.923. The Morgan fingerprint density at radius 2 is 1.61 bits per heavy atom. The number of hydrogen-bond acceptors (Lipinski definition) is 5. The number of ether oxygens (including phenoxy) is 1. The van der Waals surface area contributed by atoms with Crippen LogP contribution in [0.25, 0.3) is 0 Å². The second-order valence-corrected chi connectivity index (χ2v) is 5.81. The largest absolute Gasteiger partial charge is 0.390 e. The van der Waals surface area contributed by atoms with Crippen molar-refractivity contribution < 1.29 is 19.8 Å². The zero-order chi connectivity index (χ0) is 14.5. The quantitative estimate of drug-likeness (QED) is 0.562. The lowest BCUT2D eigenvalue weighted by molar-refractivity contribution is -0.0104. The highest BCUT2D eigenvalue weighted by molar-refractivity contribution is 5.92. The molecule has 5 heteroatoms. The molecule has 0 rings (SSSR count). The molecular weight excluding hydrogens is 234 g/mol. The molecule has 2 N–H and O–H groups in total. The first-order valence-electron chi connectivity index (χ1n) is 6.25. The van der Waals surface area contributed by atoms with Crippen molar-refractivity contribution in [2.75, 3.05) is 7.11 Å². The summed E-state index contributed by atoms with van der Waals surface area (Å²) < 4.78 is 5.33. The van der Waals surface area contributed by atoms with Gasteiger partial charge in [0.2, 0.25) is 0 Å².